The molecule has 1 atom stereocenters. The average molecular weight is 252 g/mol. The summed E-state index contributed by atoms with van der Waals surface area (Å²) in [6.45, 7) is 1.98. The zero-order valence-electron chi connectivity index (χ0n) is 9.89. The molecule has 0 aromatic heterocycles. The van der Waals surface area contributed by atoms with Gasteiger partial charge in [0, 0.05) is 19.5 Å². The highest BCUT2D eigenvalue weighted by atomic mass is 35.5. The second kappa shape index (κ2) is 6.18. The lowest BCUT2D eigenvalue weighted by molar-refractivity contribution is -0.108. The summed E-state index contributed by atoms with van der Waals surface area (Å²) in [6.07, 6.45) is 3.89. The van der Waals surface area contributed by atoms with Gasteiger partial charge >= 0.3 is 0 Å². The van der Waals surface area contributed by atoms with Crippen molar-refractivity contribution in [3.63, 3.8) is 0 Å². The maximum atomic E-state index is 10.5. The third kappa shape index (κ3) is 3.30. The van der Waals surface area contributed by atoms with Crippen molar-refractivity contribution in [1.82, 2.24) is 4.90 Å². The molecule has 1 heterocycles. The quantitative estimate of drug-likeness (QED) is 0.465. The van der Waals surface area contributed by atoms with Gasteiger partial charge in [-0.1, -0.05) is 30.3 Å². The number of hydrogen-bond acceptors (Lipinski definition) is 2. The predicted octanol–water partition coefficient (Wildman–Crippen LogP) is 3.23. The number of halogens is 1. The largest absolute Gasteiger partial charge is 0.303 e. The minimum atomic E-state index is -0.0339. The van der Waals surface area contributed by atoms with Crippen molar-refractivity contribution in [2.75, 3.05) is 13.1 Å². The Morgan fingerprint density at radius 2 is 1.94 bits per heavy atom. The van der Waals surface area contributed by atoms with Crippen LogP contribution in [-0.4, -0.2) is 24.3 Å². The van der Waals surface area contributed by atoms with Gasteiger partial charge in [-0.25, -0.2) is 0 Å². The van der Waals surface area contributed by atoms with E-state index >= 15 is 0 Å². The Kier molecular flexibility index (Phi) is 4.57. The molecular formula is C14H18ClNO. The van der Waals surface area contributed by atoms with Crippen LogP contribution < -0.4 is 0 Å². The van der Waals surface area contributed by atoms with Crippen molar-refractivity contribution in [2.45, 2.75) is 24.8 Å². The Hall–Kier alpha value is -0.860. The Labute approximate surface area is 108 Å². The predicted molar refractivity (Wildman–Crippen MR) is 70.0 cm³/mol. The van der Waals surface area contributed by atoms with E-state index in [0.717, 1.165) is 37.8 Å². The normalized spacial score (nSPS) is 20.1. The highest BCUT2D eigenvalue weighted by molar-refractivity contribution is 6.20. The fraction of sp³-hybridized carbons (Fsp3) is 0.500. The van der Waals surface area contributed by atoms with Gasteiger partial charge in [0.15, 0.2) is 0 Å². The number of benzene rings is 1. The van der Waals surface area contributed by atoms with E-state index in [1.54, 1.807) is 0 Å². The third-order valence-corrected chi connectivity index (χ3v) is 4.00. The number of nitrogens with zero attached hydrogens (tertiary/aromatic N) is 1. The Morgan fingerprint density at radius 1 is 1.29 bits per heavy atom. The number of rotatable bonds is 4. The van der Waals surface area contributed by atoms with Crippen molar-refractivity contribution < 1.29 is 4.79 Å². The summed E-state index contributed by atoms with van der Waals surface area (Å²) in [5, 5.41) is 0. The van der Waals surface area contributed by atoms with Crippen LogP contribution in [0.5, 0.6) is 0 Å². The van der Waals surface area contributed by atoms with Gasteiger partial charge in [-0.2, -0.15) is 0 Å². The summed E-state index contributed by atoms with van der Waals surface area (Å²) >= 11 is 6.47. The van der Waals surface area contributed by atoms with E-state index in [-0.39, 0.29) is 5.50 Å². The molecule has 2 nitrogen and oxygen atoms in total. The zero-order chi connectivity index (χ0) is 12.1. The van der Waals surface area contributed by atoms with Crippen molar-refractivity contribution in [3.05, 3.63) is 35.9 Å². The summed E-state index contributed by atoms with van der Waals surface area (Å²) in [5.74, 6) is 0.559. The average Bonchev–Trinajstić information content (AvgIpc) is 2.40. The molecule has 0 N–H and O–H groups in total. The van der Waals surface area contributed by atoms with Gasteiger partial charge in [0.2, 0.25) is 0 Å². The molecule has 92 valence electrons. The van der Waals surface area contributed by atoms with Crippen molar-refractivity contribution in [3.8, 4) is 0 Å². The lowest BCUT2D eigenvalue weighted by Crippen LogP contribution is -2.34. The van der Waals surface area contributed by atoms with E-state index in [0.29, 0.717) is 12.3 Å². The van der Waals surface area contributed by atoms with E-state index < -0.39 is 0 Å². The second-order valence-electron chi connectivity index (χ2n) is 4.63. The maximum Gasteiger partial charge on any atom is 0.120 e. The van der Waals surface area contributed by atoms with E-state index in [4.69, 9.17) is 11.6 Å². The smallest absolute Gasteiger partial charge is 0.120 e. The monoisotopic (exact) mass is 251 g/mol. The SMILES string of the molecule is O=CCC1CCN(C(Cl)c2ccccc2)CC1. The number of likely N-dealkylation sites (tertiary alicyclic amines) is 1. The number of hydrogen-bond donors (Lipinski definition) is 0. The molecule has 0 aliphatic carbocycles. The molecule has 0 spiro atoms. The number of carbonyl (C=O) groups is 1. The Morgan fingerprint density at radius 3 is 2.53 bits per heavy atom. The number of alkyl halides is 1. The lowest BCUT2D eigenvalue weighted by atomic mass is 9.94. The van der Waals surface area contributed by atoms with Crippen LogP contribution in [0, 0.1) is 5.92 Å². The first-order valence-corrected chi connectivity index (χ1v) is 6.61. The topological polar surface area (TPSA) is 20.3 Å². The highest BCUT2D eigenvalue weighted by Gasteiger charge is 2.24. The summed E-state index contributed by atoms with van der Waals surface area (Å²) in [4.78, 5) is 12.8. The minimum absolute atomic E-state index is 0.0339. The molecule has 1 aliphatic heterocycles. The third-order valence-electron chi connectivity index (χ3n) is 3.47. The number of piperidine rings is 1. The molecule has 2 rings (SSSR count). The van der Waals surface area contributed by atoms with Crippen LogP contribution in [0.1, 0.15) is 30.3 Å². The van der Waals surface area contributed by atoms with Crippen LogP contribution in [0.2, 0.25) is 0 Å². The first-order chi connectivity index (χ1) is 8.31. The molecule has 1 fully saturated rings. The zero-order valence-corrected chi connectivity index (χ0v) is 10.6. The summed E-state index contributed by atoms with van der Waals surface area (Å²) in [5.41, 5.74) is 1.12. The van der Waals surface area contributed by atoms with Crippen LogP contribution >= 0.6 is 11.6 Å². The first-order valence-electron chi connectivity index (χ1n) is 6.18. The number of aldehydes is 1. The van der Waals surface area contributed by atoms with Gasteiger partial charge in [-0.15, -0.1) is 11.6 Å². The Balaban J connectivity index is 1.90. The van der Waals surface area contributed by atoms with Crippen molar-refractivity contribution in [2.24, 2.45) is 5.92 Å². The van der Waals surface area contributed by atoms with E-state index in [2.05, 4.69) is 17.0 Å². The van der Waals surface area contributed by atoms with E-state index in [9.17, 15) is 4.79 Å². The van der Waals surface area contributed by atoms with Gasteiger partial charge in [0.1, 0.15) is 11.8 Å². The van der Waals surface area contributed by atoms with Crippen molar-refractivity contribution >= 4 is 17.9 Å². The molecule has 0 bridgehead atoms. The van der Waals surface area contributed by atoms with E-state index in [1.165, 1.54) is 0 Å². The van der Waals surface area contributed by atoms with Crippen LogP contribution in [0.3, 0.4) is 0 Å². The first kappa shape index (κ1) is 12.6. The molecule has 1 saturated heterocycles. The van der Waals surface area contributed by atoms with Crippen molar-refractivity contribution in [1.29, 1.82) is 0 Å². The Bertz CT molecular complexity index is 346. The molecule has 0 saturated carbocycles. The van der Waals surface area contributed by atoms with Gasteiger partial charge in [-0.3, -0.25) is 4.90 Å². The summed E-state index contributed by atoms with van der Waals surface area (Å²) in [7, 11) is 0. The van der Waals surface area contributed by atoms with Crippen LogP contribution in [0.15, 0.2) is 30.3 Å². The standard InChI is InChI=1S/C14H18ClNO/c15-14(13-4-2-1-3-5-13)16-9-6-12(7-10-16)8-11-17/h1-5,11-12,14H,6-10H2. The molecule has 3 heteroatoms. The molecule has 1 aromatic rings. The maximum absolute atomic E-state index is 10.5. The second-order valence-corrected chi connectivity index (χ2v) is 5.04. The van der Waals surface area contributed by atoms with Crippen LogP contribution in [-0.2, 0) is 4.79 Å². The number of carbonyl (C=O) groups excluding carboxylic acids is 1. The molecule has 1 unspecified atom stereocenters. The lowest BCUT2D eigenvalue weighted by Gasteiger charge is -2.34. The molecule has 17 heavy (non-hydrogen) atoms. The fourth-order valence-electron chi connectivity index (χ4n) is 2.37. The van der Waals surface area contributed by atoms with Crippen LogP contribution in [0.4, 0.5) is 0 Å². The van der Waals surface area contributed by atoms with Gasteiger partial charge in [0.05, 0.1) is 0 Å². The fourth-order valence-corrected chi connectivity index (χ4v) is 2.71. The highest BCUT2D eigenvalue weighted by Crippen LogP contribution is 2.30. The molecule has 1 aliphatic rings. The molecule has 0 amide bonds. The van der Waals surface area contributed by atoms with E-state index in [1.807, 2.05) is 18.2 Å². The molecule has 1 aromatic carbocycles. The molecular weight excluding hydrogens is 234 g/mol. The van der Waals surface area contributed by atoms with Gasteiger partial charge in [-0.05, 0) is 24.3 Å². The molecule has 0 radical (unpaired) electrons. The van der Waals surface area contributed by atoms with Crippen LogP contribution in [0.25, 0.3) is 0 Å². The van der Waals surface area contributed by atoms with Gasteiger partial charge in [0.25, 0.3) is 0 Å². The van der Waals surface area contributed by atoms with Gasteiger partial charge < -0.3 is 4.79 Å². The summed E-state index contributed by atoms with van der Waals surface area (Å²) in [6, 6.07) is 10.2. The minimum Gasteiger partial charge on any atom is -0.303 e. The summed E-state index contributed by atoms with van der Waals surface area (Å²) < 4.78 is 0.